The predicted octanol–water partition coefficient (Wildman–Crippen LogP) is 3.88. The van der Waals surface area contributed by atoms with Crippen LogP contribution in [0.25, 0.3) is 4.85 Å². The summed E-state index contributed by atoms with van der Waals surface area (Å²) in [5.74, 6) is 0.387. The highest BCUT2D eigenvalue weighted by molar-refractivity contribution is 5.10. The van der Waals surface area contributed by atoms with Gasteiger partial charge in [-0.1, -0.05) is 47.1 Å². The summed E-state index contributed by atoms with van der Waals surface area (Å²) >= 11 is 0. The van der Waals surface area contributed by atoms with E-state index in [-0.39, 0.29) is 0 Å². The van der Waals surface area contributed by atoms with Gasteiger partial charge in [-0.3, -0.25) is 0 Å². The van der Waals surface area contributed by atoms with Gasteiger partial charge in [0.1, 0.15) is 0 Å². The van der Waals surface area contributed by atoms with E-state index in [9.17, 15) is 0 Å². The van der Waals surface area contributed by atoms with Crippen LogP contribution in [-0.4, -0.2) is 0 Å². The van der Waals surface area contributed by atoms with Gasteiger partial charge in [0.15, 0.2) is 5.70 Å². The molecule has 0 spiro atoms. The Morgan fingerprint density at radius 1 is 1.45 bits per heavy atom. The van der Waals surface area contributed by atoms with Crippen molar-refractivity contribution in [2.45, 2.75) is 41.0 Å². The SMILES string of the molecule is CCC.[C-]#[N+]/C(=C/C)C(C)C. The minimum atomic E-state index is 0.387. The Morgan fingerprint density at radius 3 is 1.82 bits per heavy atom. The Labute approximate surface area is 70.9 Å². The maximum Gasteiger partial charge on any atom is 0.163 e. The largest absolute Gasteiger partial charge is 0.243 e. The van der Waals surface area contributed by atoms with E-state index in [1.54, 1.807) is 0 Å². The Morgan fingerprint density at radius 2 is 1.82 bits per heavy atom. The highest BCUT2D eigenvalue weighted by atomic mass is 14.7. The molecule has 0 saturated carbocycles. The molecule has 1 nitrogen and oxygen atoms in total. The van der Waals surface area contributed by atoms with E-state index in [0.29, 0.717) is 5.92 Å². The van der Waals surface area contributed by atoms with Crippen LogP contribution in [0.2, 0.25) is 0 Å². The van der Waals surface area contributed by atoms with Crippen molar-refractivity contribution in [2.75, 3.05) is 0 Å². The third-order valence-corrected chi connectivity index (χ3v) is 1.02. The molecule has 1 heteroatoms. The predicted molar refractivity (Wildman–Crippen MR) is 51.2 cm³/mol. The van der Waals surface area contributed by atoms with E-state index in [4.69, 9.17) is 6.57 Å². The van der Waals surface area contributed by atoms with E-state index in [1.807, 2.05) is 26.8 Å². The molecule has 0 heterocycles. The quantitative estimate of drug-likeness (QED) is 0.503. The molecule has 0 unspecified atom stereocenters. The fourth-order valence-electron chi connectivity index (χ4n) is 0.527. The van der Waals surface area contributed by atoms with Gasteiger partial charge in [-0.25, -0.2) is 4.85 Å². The number of rotatable bonds is 1. The highest BCUT2D eigenvalue weighted by Gasteiger charge is 1.97. The maximum atomic E-state index is 6.65. The molecular formula is C10H19N. The zero-order valence-electron chi connectivity index (χ0n) is 8.31. The van der Waals surface area contributed by atoms with Gasteiger partial charge in [-0.15, -0.1) is 0 Å². The standard InChI is InChI=1S/C7H11N.C3H8/c1-5-7(8-4)6(2)3;1-3-2/h5-6H,1-3H3;3H2,1-2H3/b7-5+;. The summed E-state index contributed by atoms with van der Waals surface area (Å²) in [4.78, 5) is 3.32. The van der Waals surface area contributed by atoms with E-state index in [2.05, 4.69) is 18.7 Å². The minimum absolute atomic E-state index is 0.387. The summed E-state index contributed by atoms with van der Waals surface area (Å²) in [5.41, 5.74) is 0.852. The van der Waals surface area contributed by atoms with Gasteiger partial charge in [0.25, 0.3) is 0 Å². The van der Waals surface area contributed by atoms with Crippen LogP contribution >= 0.6 is 0 Å². The molecule has 0 rings (SSSR count). The molecule has 0 atom stereocenters. The van der Waals surface area contributed by atoms with Crippen LogP contribution in [0.15, 0.2) is 11.8 Å². The molecule has 0 fully saturated rings. The number of allylic oxidation sites excluding steroid dienone is 2. The van der Waals surface area contributed by atoms with E-state index in [0.717, 1.165) is 5.70 Å². The van der Waals surface area contributed by atoms with Crippen LogP contribution in [-0.2, 0) is 0 Å². The number of hydrogen-bond acceptors (Lipinski definition) is 0. The zero-order valence-corrected chi connectivity index (χ0v) is 8.31. The van der Waals surface area contributed by atoms with Crippen LogP contribution in [0.3, 0.4) is 0 Å². The average Bonchev–Trinajstić information content (AvgIpc) is 1.91. The first-order chi connectivity index (χ1) is 5.13. The third-order valence-electron chi connectivity index (χ3n) is 1.02. The lowest BCUT2D eigenvalue weighted by Crippen LogP contribution is -1.85. The molecule has 0 aliphatic heterocycles. The molecule has 0 bridgehead atoms. The van der Waals surface area contributed by atoms with Crippen molar-refractivity contribution in [3.8, 4) is 0 Å². The summed E-state index contributed by atoms with van der Waals surface area (Å²) in [5, 5.41) is 0. The van der Waals surface area contributed by atoms with Crippen LogP contribution in [0.1, 0.15) is 41.0 Å². The van der Waals surface area contributed by atoms with Crippen molar-refractivity contribution in [1.82, 2.24) is 0 Å². The first-order valence-corrected chi connectivity index (χ1v) is 4.17. The average molecular weight is 153 g/mol. The fourth-order valence-corrected chi connectivity index (χ4v) is 0.527. The third kappa shape index (κ3) is 9.23. The smallest absolute Gasteiger partial charge is 0.163 e. The van der Waals surface area contributed by atoms with Crippen LogP contribution < -0.4 is 0 Å². The van der Waals surface area contributed by atoms with Crippen molar-refractivity contribution in [1.29, 1.82) is 0 Å². The van der Waals surface area contributed by atoms with Gasteiger partial charge >= 0.3 is 0 Å². The summed E-state index contributed by atoms with van der Waals surface area (Å²) < 4.78 is 0. The van der Waals surface area contributed by atoms with E-state index >= 15 is 0 Å². The van der Waals surface area contributed by atoms with Crippen LogP contribution in [0.5, 0.6) is 0 Å². The topological polar surface area (TPSA) is 4.36 Å². The second-order valence-electron chi connectivity index (χ2n) is 2.69. The fraction of sp³-hybridized carbons (Fsp3) is 0.700. The van der Waals surface area contributed by atoms with Gasteiger partial charge in [0, 0.05) is 0 Å². The molecule has 0 aliphatic rings. The van der Waals surface area contributed by atoms with Gasteiger partial charge < -0.3 is 0 Å². The molecule has 0 radical (unpaired) electrons. The lowest BCUT2D eigenvalue weighted by molar-refractivity contribution is 0.788. The van der Waals surface area contributed by atoms with Gasteiger partial charge in [0.2, 0.25) is 0 Å². The summed E-state index contributed by atoms with van der Waals surface area (Å²) in [6.07, 6.45) is 3.11. The Bertz CT molecular complexity index is 137. The lowest BCUT2D eigenvalue weighted by Gasteiger charge is -1.96. The van der Waals surface area contributed by atoms with Crippen molar-refractivity contribution in [3.05, 3.63) is 23.2 Å². The Hall–Kier alpha value is -0.770. The van der Waals surface area contributed by atoms with E-state index in [1.165, 1.54) is 6.42 Å². The summed E-state index contributed by atoms with van der Waals surface area (Å²) in [6.45, 7) is 16.8. The maximum absolute atomic E-state index is 6.65. The van der Waals surface area contributed by atoms with Gasteiger partial charge in [-0.2, -0.15) is 0 Å². The van der Waals surface area contributed by atoms with Gasteiger partial charge in [0.05, 0.1) is 6.57 Å². The van der Waals surface area contributed by atoms with Crippen molar-refractivity contribution >= 4 is 0 Å². The van der Waals surface area contributed by atoms with Gasteiger partial charge in [-0.05, 0) is 5.92 Å². The molecular weight excluding hydrogens is 134 g/mol. The Kier molecular flexibility index (Phi) is 10.8. The summed E-state index contributed by atoms with van der Waals surface area (Å²) in [6, 6.07) is 0. The molecule has 11 heavy (non-hydrogen) atoms. The Balaban J connectivity index is 0. The zero-order chi connectivity index (χ0) is 9.28. The van der Waals surface area contributed by atoms with Crippen LogP contribution in [0.4, 0.5) is 0 Å². The molecule has 64 valence electrons. The first kappa shape index (κ1) is 12.9. The molecule has 0 N–H and O–H groups in total. The molecule has 0 aromatic heterocycles. The molecule has 0 aliphatic carbocycles. The monoisotopic (exact) mass is 153 g/mol. The van der Waals surface area contributed by atoms with Crippen LogP contribution in [0, 0.1) is 12.5 Å². The highest BCUT2D eigenvalue weighted by Crippen LogP contribution is 2.08. The molecule has 0 aromatic rings. The van der Waals surface area contributed by atoms with E-state index < -0.39 is 0 Å². The lowest BCUT2D eigenvalue weighted by atomic mass is 10.1. The molecule has 0 aromatic carbocycles. The number of hydrogen-bond donors (Lipinski definition) is 0. The normalized spacial score (nSPS) is 10.1. The summed E-state index contributed by atoms with van der Waals surface area (Å²) in [7, 11) is 0. The number of nitrogens with zero attached hydrogens (tertiary/aromatic N) is 1. The van der Waals surface area contributed by atoms with Crippen molar-refractivity contribution in [2.24, 2.45) is 5.92 Å². The van der Waals surface area contributed by atoms with Crippen molar-refractivity contribution in [3.63, 3.8) is 0 Å². The second-order valence-corrected chi connectivity index (χ2v) is 2.69. The first-order valence-electron chi connectivity index (χ1n) is 4.17. The minimum Gasteiger partial charge on any atom is -0.243 e. The second kappa shape index (κ2) is 9.23. The van der Waals surface area contributed by atoms with Crippen molar-refractivity contribution < 1.29 is 0 Å². The molecule has 0 amide bonds. The molecule has 0 saturated heterocycles.